The van der Waals surface area contributed by atoms with E-state index in [1.165, 1.54) is 16.6 Å². The fourth-order valence-electron chi connectivity index (χ4n) is 3.33. The Bertz CT molecular complexity index is 1110. The molecule has 2 heterocycles. The topological polar surface area (TPSA) is 101 Å². The predicted molar refractivity (Wildman–Crippen MR) is 116 cm³/mol. The summed E-state index contributed by atoms with van der Waals surface area (Å²) in [6, 6.07) is 4.73. The molecule has 1 aliphatic rings. The number of halogens is 2. The van der Waals surface area contributed by atoms with Crippen LogP contribution < -0.4 is 10.9 Å². The van der Waals surface area contributed by atoms with Gasteiger partial charge in [-0.3, -0.25) is 9.59 Å². The van der Waals surface area contributed by atoms with Gasteiger partial charge in [0.15, 0.2) is 0 Å². The van der Waals surface area contributed by atoms with Crippen LogP contribution in [-0.4, -0.2) is 41.5 Å². The minimum Gasteiger partial charge on any atom is -0.324 e. The molecule has 8 nitrogen and oxygen atoms in total. The highest BCUT2D eigenvalue weighted by Gasteiger charge is 2.27. The predicted octanol–water partition coefficient (Wildman–Crippen LogP) is 3.06. The average Bonchev–Trinajstić information content (AvgIpc) is 3.00. The number of anilines is 1. The van der Waals surface area contributed by atoms with Crippen LogP contribution in [0.2, 0.25) is 10.0 Å². The van der Waals surface area contributed by atoms with Gasteiger partial charge in [-0.2, -0.15) is 9.40 Å². The molecule has 0 saturated carbocycles. The molecule has 1 aromatic carbocycles. The summed E-state index contributed by atoms with van der Waals surface area (Å²) in [5.41, 5.74) is 0.0991. The van der Waals surface area contributed by atoms with E-state index in [0.29, 0.717) is 24.3 Å². The number of hydrogen-bond acceptors (Lipinski definition) is 5. The van der Waals surface area contributed by atoms with Gasteiger partial charge in [0.05, 0.1) is 16.1 Å². The summed E-state index contributed by atoms with van der Waals surface area (Å²) in [6.45, 7) is 2.23. The molecular formula is C19H22Cl2N4O4S. The molecule has 0 radical (unpaired) electrons. The van der Waals surface area contributed by atoms with Crippen molar-refractivity contribution in [1.82, 2.24) is 14.1 Å². The average molecular weight is 473 g/mol. The van der Waals surface area contributed by atoms with Gasteiger partial charge in [-0.25, -0.2) is 13.1 Å². The molecule has 1 amide bonds. The highest BCUT2D eigenvalue weighted by molar-refractivity contribution is 7.89. The first kappa shape index (κ1) is 22.7. The molecule has 0 spiro atoms. The zero-order chi connectivity index (χ0) is 21.9. The molecule has 1 N–H and O–H groups in total. The lowest BCUT2D eigenvalue weighted by Crippen LogP contribution is -2.33. The van der Waals surface area contributed by atoms with Crippen molar-refractivity contribution in [2.45, 2.75) is 44.0 Å². The Hall–Kier alpha value is -1.94. The Morgan fingerprint density at radius 3 is 2.50 bits per heavy atom. The third-order valence-electron chi connectivity index (χ3n) is 4.98. The lowest BCUT2D eigenvalue weighted by Gasteiger charge is -2.22. The minimum atomic E-state index is -3.67. The van der Waals surface area contributed by atoms with Gasteiger partial charge < -0.3 is 5.32 Å². The van der Waals surface area contributed by atoms with Crippen molar-refractivity contribution in [3.63, 3.8) is 0 Å². The van der Waals surface area contributed by atoms with Gasteiger partial charge >= 0.3 is 0 Å². The normalized spacial score (nSPS) is 15.6. The van der Waals surface area contributed by atoms with Crippen LogP contribution in [0.5, 0.6) is 0 Å². The van der Waals surface area contributed by atoms with Crippen LogP contribution in [0.25, 0.3) is 0 Å². The quantitative estimate of drug-likeness (QED) is 0.720. The third-order valence-corrected chi connectivity index (χ3v) is 7.77. The summed E-state index contributed by atoms with van der Waals surface area (Å²) in [4.78, 5) is 24.7. The zero-order valence-electron chi connectivity index (χ0n) is 16.4. The number of amides is 1. The first-order chi connectivity index (χ1) is 14.2. The number of aromatic nitrogens is 2. The van der Waals surface area contributed by atoms with E-state index in [1.54, 1.807) is 19.1 Å². The molecule has 0 atom stereocenters. The van der Waals surface area contributed by atoms with Crippen molar-refractivity contribution in [1.29, 1.82) is 0 Å². The number of nitrogens with one attached hydrogen (secondary N) is 1. The van der Waals surface area contributed by atoms with E-state index in [2.05, 4.69) is 10.4 Å². The largest absolute Gasteiger partial charge is 0.324 e. The van der Waals surface area contributed by atoms with E-state index in [0.717, 1.165) is 30.4 Å². The summed E-state index contributed by atoms with van der Waals surface area (Å²) < 4.78 is 28.7. The fourth-order valence-corrected chi connectivity index (χ4v) is 5.37. The first-order valence-electron chi connectivity index (χ1n) is 9.52. The molecule has 162 valence electrons. The number of rotatable bonds is 5. The molecule has 1 aliphatic heterocycles. The van der Waals surface area contributed by atoms with E-state index < -0.39 is 28.0 Å². The summed E-state index contributed by atoms with van der Waals surface area (Å²) in [7, 11) is -3.67. The molecule has 0 bridgehead atoms. The van der Waals surface area contributed by atoms with Crippen LogP contribution in [0.1, 0.15) is 31.2 Å². The maximum atomic E-state index is 13.1. The smallest absolute Gasteiger partial charge is 0.287 e. The lowest BCUT2D eigenvalue weighted by molar-refractivity contribution is -0.117. The lowest BCUT2D eigenvalue weighted by atomic mass is 10.2. The standard InChI is InChI=1S/C19H22Cl2N4O4S/c1-13-15(23-17(26)12-25-19(27)18(21)14(20)11-22-25)7-6-8-16(13)30(28,29)24-9-4-2-3-5-10-24/h6-8,11H,2-5,9-10,12H2,1H3,(H,23,26). The second-order valence-electron chi connectivity index (χ2n) is 7.06. The highest BCUT2D eigenvalue weighted by atomic mass is 35.5. The van der Waals surface area contributed by atoms with Crippen LogP contribution >= 0.6 is 23.2 Å². The van der Waals surface area contributed by atoms with Crippen molar-refractivity contribution in [3.05, 3.63) is 50.4 Å². The number of sulfonamides is 1. The van der Waals surface area contributed by atoms with Crippen molar-refractivity contribution in [2.75, 3.05) is 18.4 Å². The molecule has 0 unspecified atom stereocenters. The zero-order valence-corrected chi connectivity index (χ0v) is 18.7. The number of nitrogens with zero attached hydrogens (tertiary/aromatic N) is 3. The van der Waals surface area contributed by atoms with Gasteiger partial charge in [-0.05, 0) is 37.5 Å². The molecular weight excluding hydrogens is 451 g/mol. The van der Waals surface area contributed by atoms with Crippen molar-refractivity contribution < 1.29 is 13.2 Å². The SMILES string of the molecule is Cc1c(NC(=O)Cn2ncc(Cl)c(Cl)c2=O)cccc1S(=O)(=O)N1CCCCCC1. The maximum Gasteiger partial charge on any atom is 0.287 e. The van der Waals surface area contributed by atoms with Gasteiger partial charge in [0.25, 0.3) is 5.56 Å². The third kappa shape index (κ3) is 4.85. The fraction of sp³-hybridized carbons (Fsp3) is 0.421. The summed E-state index contributed by atoms with van der Waals surface area (Å²) >= 11 is 11.5. The molecule has 1 aromatic heterocycles. The van der Waals surface area contributed by atoms with Gasteiger partial charge in [-0.1, -0.05) is 42.1 Å². The molecule has 30 heavy (non-hydrogen) atoms. The van der Waals surface area contributed by atoms with E-state index in [-0.39, 0.29) is 14.9 Å². The van der Waals surface area contributed by atoms with E-state index >= 15 is 0 Å². The molecule has 0 aliphatic carbocycles. The van der Waals surface area contributed by atoms with Gasteiger partial charge in [-0.15, -0.1) is 0 Å². The van der Waals surface area contributed by atoms with Gasteiger partial charge in [0.2, 0.25) is 15.9 Å². The minimum absolute atomic E-state index is 0.000546. The van der Waals surface area contributed by atoms with Crippen molar-refractivity contribution >= 4 is 44.8 Å². The van der Waals surface area contributed by atoms with Crippen LogP contribution in [0.4, 0.5) is 5.69 Å². The number of benzene rings is 1. The molecule has 1 saturated heterocycles. The highest BCUT2D eigenvalue weighted by Crippen LogP contribution is 2.27. The first-order valence-corrected chi connectivity index (χ1v) is 11.7. The Balaban J connectivity index is 1.82. The van der Waals surface area contributed by atoms with Crippen LogP contribution in [-0.2, 0) is 21.4 Å². The number of carbonyl (C=O) groups is 1. The van der Waals surface area contributed by atoms with Crippen LogP contribution in [0.3, 0.4) is 0 Å². The second kappa shape index (κ2) is 9.47. The van der Waals surface area contributed by atoms with E-state index in [4.69, 9.17) is 23.2 Å². The van der Waals surface area contributed by atoms with E-state index in [9.17, 15) is 18.0 Å². The molecule has 1 fully saturated rings. The monoisotopic (exact) mass is 472 g/mol. The Kier molecular flexibility index (Phi) is 7.18. The summed E-state index contributed by atoms with van der Waals surface area (Å²) in [5.74, 6) is -0.546. The molecule has 3 rings (SSSR count). The number of carbonyl (C=O) groups excluding carboxylic acids is 1. The Morgan fingerprint density at radius 2 is 1.83 bits per heavy atom. The maximum absolute atomic E-state index is 13.1. The Morgan fingerprint density at radius 1 is 1.17 bits per heavy atom. The summed E-state index contributed by atoms with van der Waals surface area (Å²) in [6.07, 6.45) is 4.88. The Labute approximate surface area is 184 Å². The molecule has 11 heteroatoms. The van der Waals surface area contributed by atoms with Crippen molar-refractivity contribution in [3.8, 4) is 0 Å². The van der Waals surface area contributed by atoms with Crippen LogP contribution in [0.15, 0.2) is 34.1 Å². The van der Waals surface area contributed by atoms with E-state index in [1.807, 2.05) is 0 Å². The number of hydrogen-bond donors (Lipinski definition) is 1. The second-order valence-corrected chi connectivity index (χ2v) is 9.76. The van der Waals surface area contributed by atoms with Gasteiger partial charge in [0, 0.05) is 18.8 Å². The van der Waals surface area contributed by atoms with Crippen LogP contribution in [0, 0.1) is 6.92 Å². The molecule has 2 aromatic rings. The van der Waals surface area contributed by atoms with Gasteiger partial charge in [0.1, 0.15) is 11.6 Å². The van der Waals surface area contributed by atoms with Crippen molar-refractivity contribution in [2.24, 2.45) is 0 Å². The summed E-state index contributed by atoms with van der Waals surface area (Å²) in [5, 5.41) is 6.22.